The van der Waals surface area contributed by atoms with Crippen molar-refractivity contribution in [2.45, 2.75) is 47.2 Å². The molecule has 0 spiro atoms. The lowest BCUT2D eigenvalue weighted by molar-refractivity contribution is 0.0985. The number of methoxy groups -OCH3 is 1. The topological polar surface area (TPSA) is 61.4 Å². The maximum absolute atomic E-state index is 12.9. The smallest absolute Gasteiger partial charge is 0.297 e. The highest BCUT2D eigenvalue weighted by atomic mass is 32.1. The van der Waals surface area contributed by atoms with E-state index in [0.717, 1.165) is 15.9 Å². The van der Waals surface area contributed by atoms with Gasteiger partial charge in [-0.2, -0.15) is 10.1 Å². The Hall–Kier alpha value is -2.25. The molecular formula is C20H26N4O2S. The Labute approximate surface area is 163 Å². The van der Waals surface area contributed by atoms with Crippen LogP contribution < -0.4 is 4.80 Å². The third kappa shape index (κ3) is 3.89. The molecule has 0 saturated carbocycles. The molecule has 144 valence electrons. The maximum atomic E-state index is 12.9. The largest absolute Gasteiger partial charge is 0.383 e. The third-order valence-corrected chi connectivity index (χ3v) is 5.62. The lowest BCUT2D eigenvalue weighted by Gasteiger charge is -2.08. The second-order valence-electron chi connectivity index (χ2n) is 7.06. The van der Waals surface area contributed by atoms with Crippen LogP contribution in [0.2, 0.25) is 0 Å². The number of rotatable bonds is 5. The minimum absolute atomic E-state index is 0.0983. The van der Waals surface area contributed by atoms with Crippen molar-refractivity contribution in [2.75, 3.05) is 13.7 Å². The lowest BCUT2D eigenvalue weighted by Crippen LogP contribution is -2.20. The summed E-state index contributed by atoms with van der Waals surface area (Å²) in [4.78, 5) is 18.1. The van der Waals surface area contributed by atoms with E-state index >= 15 is 0 Å². The Bertz CT molecular complexity index is 1060. The van der Waals surface area contributed by atoms with Gasteiger partial charge in [0.2, 0.25) is 0 Å². The number of ether oxygens (including phenoxy) is 1. The zero-order valence-corrected chi connectivity index (χ0v) is 17.6. The van der Waals surface area contributed by atoms with E-state index in [1.165, 1.54) is 22.5 Å². The van der Waals surface area contributed by atoms with Crippen molar-refractivity contribution in [1.82, 2.24) is 14.3 Å². The van der Waals surface area contributed by atoms with Crippen LogP contribution in [0.5, 0.6) is 0 Å². The van der Waals surface area contributed by atoms with Crippen molar-refractivity contribution in [3.8, 4) is 0 Å². The number of thiazole rings is 1. The molecule has 0 fully saturated rings. The molecular weight excluding hydrogens is 360 g/mol. The van der Waals surface area contributed by atoms with Crippen LogP contribution in [0.15, 0.2) is 23.2 Å². The first kappa shape index (κ1) is 19.5. The van der Waals surface area contributed by atoms with Crippen LogP contribution in [0.1, 0.15) is 47.2 Å². The normalized spacial score (nSPS) is 12.5. The molecule has 3 aromatic rings. The average Bonchev–Trinajstić information content (AvgIpc) is 3.14. The molecule has 3 rings (SSSR count). The molecule has 7 heteroatoms. The van der Waals surface area contributed by atoms with Gasteiger partial charge in [-0.1, -0.05) is 11.3 Å². The van der Waals surface area contributed by atoms with Gasteiger partial charge in [-0.05, 0) is 63.9 Å². The molecule has 0 aliphatic heterocycles. The quantitative estimate of drug-likeness (QED) is 0.670. The Balaban J connectivity index is 2.16. The van der Waals surface area contributed by atoms with E-state index in [9.17, 15) is 4.79 Å². The fourth-order valence-corrected chi connectivity index (χ4v) is 4.15. The Kier molecular flexibility index (Phi) is 5.62. The van der Waals surface area contributed by atoms with Crippen molar-refractivity contribution in [3.05, 3.63) is 45.5 Å². The third-order valence-electron chi connectivity index (χ3n) is 4.58. The summed E-state index contributed by atoms with van der Waals surface area (Å²) in [5.74, 6) is -0.268. The SMILES string of the molecule is COCCn1c(=NC(=O)c2cc(C)nn2C(C)C)sc2cc(C)c(C)cc21. The summed E-state index contributed by atoms with van der Waals surface area (Å²) >= 11 is 1.53. The first-order valence-corrected chi connectivity index (χ1v) is 9.88. The van der Waals surface area contributed by atoms with E-state index in [0.29, 0.717) is 23.6 Å². The molecule has 1 aromatic carbocycles. The van der Waals surface area contributed by atoms with Crippen LogP contribution in [0.3, 0.4) is 0 Å². The molecule has 0 N–H and O–H groups in total. The number of carbonyl (C=O) groups is 1. The fourth-order valence-electron chi connectivity index (χ4n) is 3.02. The van der Waals surface area contributed by atoms with Gasteiger partial charge in [-0.3, -0.25) is 9.48 Å². The van der Waals surface area contributed by atoms with Crippen LogP contribution in [-0.2, 0) is 11.3 Å². The monoisotopic (exact) mass is 386 g/mol. The van der Waals surface area contributed by atoms with Gasteiger partial charge in [0, 0.05) is 19.7 Å². The zero-order chi connectivity index (χ0) is 19.7. The number of fused-ring (bicyclic) bond motifs is 1. The molecule has 0 atom stereocenters. The maximum Gasteiger partial charge on any atom is 0.297 e. The Morgan fingerprint density at radius 2 is 1.93 bits per heavy atom. The van der Waals surface area contributed by atoms with Crippen molar-refractivity contribution in [1.29, 1.82) is 0 Å². The van der Waals surface area contributed by atoms with E-state index in [4.69, 9.17) is 4.74 Å². The summed E-state index contributed by atoms with van der Waals surface area (Å²) < 4.78 is 10.2. The van der Waals surface area contributed by atoms with E-state index in [1.807, 2.05) is 20.8 Å². The number of carbonyl (C=O) groups excluding carboxylic acids is 1. The van der Waals surface area contributed by atoms with Crippen molar-refractivity contribution in [2.24, 2.45) is 4.99 Å². The molecule has 1 amide bonds. The minimum atomic E-state index is -0.268. The summed E-state index contributed by atoms with van der Waals surface area (Å²) in [7, 11) is 1.68. The van der Waals surface area contributed by atoms with E-state index in [2.05, 4.69) is 40.6 Å². The van der Waals surface area contributed by atoms with Gasteiger partial charge in [0.05, 0.1) is 22.5 Å². The van der Waals surface area contributed by atoms with Crippen LogP contribution in [0.25, 0.3) is 10.2 Å². The number of aryl methyl sites for hydroxylation is 3. The van der Waals surface area contributed by atoms with Gasteiger partial charge in [-0.15, -0.1) is 0 Å². The van der Waals surface area contributed by atoms with Gasteiger partial charge in [-0.25, -0.2) is 0 Å². The zero-order valence-electron chi connectivity index (χ0n) is 16.7. The fraction of sp³-hybridized carbons (Fsp3) is 0.450. The second kappa shape index (κ2) is 7.78. The predicted molar refractivity (Wildman–Crippen MR) is 108 cm³/mol. The average molecular weight is 387 g/mol. The molecule has 0 radical (unpaired) electrons. The number of hydrogen-bond donors (Lipinski definition) is 0. The number of hydrogen-bond acceptors (Lipinski definition) is 4. The van der Waals surface area contributed by atoms with Crippen molar-refractivity contribution in [3.63, 3.8) is 0 Å². The van der Waals surface area contributed by atoms with E-state index in [1.54, 1.807) is 17.9 Å². The number of amides is 1. The number of nitrogens with zero attached hydrogens (tertiary/aromatic N) is 4. The predicted octanol–water partition coefficient (Wildman–Crippen LogP) is 3.79. The van der Waals surface area contributed by atoms with Gasteiger partial charge in [0.25, 0.3) is 5.91 Å². The van der Waals surface area contributed by atoms with Crippen LogP contribution in [0, 0.1) is 20.8 Å². The first-order valence-electron chi connectivity index (χ1n) is 9.06. The van der Waals surface area contributed by atoms with Crippen molar-refractivity contribution >= 4 is 27.5 Å². The van der Waals surface area contributed by atoms with Crippen molar-refractivity contribution < 1.29 is 9.53 Å². The van der Waals surface area contributed by atoms with Crippen LogP contribution in [-0.4, -0.2) is 34.0 Å². The van der Waals surface area contributed by atoms with Gasteiger partial charge < -0.3 is 9.30 Å². The summed E-state index contributed by atoms with van der Waals surface area (Å²) in [6.07, 6.45) is 0. The van der Waals surface area contributed by atoms with Gasteiger partial charge >= 0.3 is 0 Å². The summed E-state index contributed by atoms with van der Waals surface area (Å²) in [6, 6.07) is 6.21. The highest BCUT2D eigenvalue weighted by molar-refractivity contribution is 7.16. The molecule has 2 heterocycles. The van der Waals surface area contributed by atoms with Gasteiger partial charge in [0.1, 0.15) is 5.69 Å². The lowest BCUT2D eigenvalue weighted by atomic mass is 10.1. The second-order valence-corrected chi connectivity index (χ2v) is 8.07. The van der Waals surface area contributed by atoms with Crippen LogP contribution >= 0.6 is 11.3 Å². The molecule has 2 aromatic heterocycles. The minimum Gasteiger partial charge on any atom is -0.383 e. The number of aromatic nitrogens is 3. The molecule has 0 aliphatic rings. The first-order chi connectivity index (χ1) is 12.8. The highest BCUT2D eigenvalue weighted by Gasteiger charge is 2.16. The number of benzene rings is 1. The molecule has 0 bridgehead atoms. The van der Waals surface area contributed by atoms with E-state index in [-0.39, 0.29) is 11.9 Å². The molecule has 27 heavy (non-hydrogen) atoms. The van der Waals surface area contributed by atoms with Gasteiger partial charge in [0.15, 0.2) is 4.80 Å². The molecule has 6 nitrogen and oxygen atoms in total. The summed E-state index contributed by atoms with van der Waals surface area (Å²) in [5, 5.41) is 4.42. The van der Waals surface area contributed by atoms with Crippen LogP contribution in [0.4, 0.5) is 0 Å². The standard InChI is InChI=1S/C20H26N4O2S/c1-12(2)24-17(11-15(5)22-24)19(25)21-20-23(7-8-26-6)16-9-13(3)14(4)10-18(16)27-20/h9-12H,7-8H2,1-6H3. The highest BCUT2D eigenvalue weighted by Crippen LogP contribution is 2.22. The van der Waals surface area contributed by atoms with E-state index < -0.39 is 0 Å². The molecule has 0 aliphatic carbocycles. The molecule has 0 unspecified atom stereocenters. The summed E-state index contributed by atoms with van der Waals surface area (Å²) in [6.45, 7) is 11.3. The summed E-state index contributed by atoms with van der Waals surface area (Å²) in [5.41, 5.74) is 4.87. The Morgan fingerprint density at radius 1 is 1.22 bits per heavy atom. The Morgan fingerprint density at radius 3 is 2.59 bits per heavy atom. The molecule has 0 saturated heterocycles.